The van der Waals surface area contributed by atoms with Gasteiger partial charge < -0.3 is 19.5 Å². The van der Waals surface area contributed by atoms with Gasteiger partial charge >= 0.3 is 0 Å². The van der Waals surface area contributed by atoms with Crippen LogP contribution in [0.15, 0.2) is 33.9 Å². The largest absolute Gasteiger partial charge is 0.381 e. The minimum Gasteiger partial charge on any atom is -0.381 e. The average molecular weight is 370 g/mol. The Hall–Kier alpha value is -2.48. The van der Waals surface area contributed by atoms with E-state index >= 15 is 0 Å². The predicted molar refractivity (Wildman–Crippen MR) is 101 cm³/mol. The number of rotatable bonds is 5. The van der Waals surface area contributed by atoms with Gasteiger partial charge in [0.25, 0.3) is 5.89 Å². The van der Waals surface area contributed by atoms with Gasteiger partial charge in [0.15, 0.2) is 11.8 Å². The number of nitrogens with zero attached hydrogens (tertiary/aromatic N) is 5. The SMILES string of the molecule is CCNC(=NCCc1noc(-c2ccccn2)n1)N1CCC2(CCOC2)C1. The van der Waals surface area contributed by atoms with Gasteiger partial charge in [-0.05, 0) is 31.9 Å². The standard InChI is InChI=1S/C19H26N6O2/c1-2-20-18(25-11-7-19(13-25)8-12-26-14-19)22-10-6-16-23-17(27-24-16)15-5-3-4-9-21-15/h3-5,9H,2,6-8,10-14H2,1H3,(H,20,22). The molecule has 0 saturated carbocycles. The van der Waals surface area contributed by atoms with Crippen molar-refractivity contribution < 1.29 is 9.26 Å². The molecule has 8 heteroatoms. The Morgan fingerprint density at radius 3 is 3.11 bits per heavy atom. The summed E-state index contributed by atoms with van der Waals surface area (Å²) in [6.07, 6.45) is 4.68. The number of aliphatic imine (C=N–C) groups is 1. The molecule has 2 aliphatic heterocycles. The smallest absolute Gasteiger partial charge is 0.276 e. The molecule has 0 radical (unpaired) electrons. The Labute approximate surface area is 159 Å². The molecule has 8 nitrogen and oxygen atoms in total. The number of guanidine groups is 1. The van der Waals surface area contributed by atoms with Crippen LogP contribution in [-0.4, -0.2) is 65.4 Å². The Balaban J connectivity index is 1.36. The van der Waals surface area contributed by atoms with Crippen molar-refractivity contribution in [2.75, 3.05) is 39.4 Å². The molecule has 4 heterocycles. The van der Waals surface area contributed by atoms with Gasteiger partial charge in [0, 0.05) is 50.8 Å². The topological polar surface area (TPSA) is 88.7 Å². The summed E-state index contributed by atoms with van der Waals surface area (Å²) in [5.41, 5.74) is 1.01. The maximum atomic E-state index is 5.63. The highest BCUT2D eigenvalue weighted by atomic mass is 16.5. The monoisotopic (exact) mass is 370 g/mol. The molecule has 2 aromatic heterocycles. The summed E-state index contributed by atoms with van der Waals surface area (Å²) in [6, 6.07) is 5.62. The van der Waals surface area contributed by atoms with Gasteiger partial charge in [0.05, 0.1) is 6.61 Å². The predicted octanol–water partition coefficient (Wildman–Crippen LogP) is 1.75. The molecule has 144 valence electrons. The average Bonchev–Trinajstić information content (AvgIpc) is 3.44. The van der Waals surface area contributed by atoms with Crippen molar-refractivity contribution in [3.05, 3.63) is 30.2 Å². The van der Waals surface area contributed by atoms with Crippen LogP contribution >= 0.6 is 0 Å². The lowest BCUT2D eigenvalue weighted by Crippen LogP contribution is -2.41. The first kappa shape index (κ1) is 17.9. The number of aromatic nitrogens is 3. The van der Waals surface area contributed by atoms with Crippen LogP contribution in [0.4, 0.5) is 0 Å². The third-order valence-electron chi connectivity index (χ3n) is 5.21. The minimum absolute atomic E-state index is 0.321. The summed E-state index contributed by atoms with van der Waals surface area (Å²) in [5, 5.41) is 7.45. The number of nitrogens with one attached hydrogen (secondary N) is 1. The van der Waals surface area contributed by atoms with Gasteiger partial charge in [0.2, 0.25) is 0 Å². The van der Waals surface area contributed by atoms with E-state index in [2.05, 4.69) is 32.3 Å². The molecular formula is C19H26N6O2. The second-order valence-electron chi connectivity index (χ2n) is 7.19. The minimum atomic E-state index is 0.321. The third kappa shape index (κ3) is 4.10. The van der Waals surface area contributed by atoms with Gasteiger partial charge in [-0.15, -0.1) is 0 Å². The number of hydrogen-bond donors (Lipinski definition) is 1. The second-order valence-corrected chi connectivity index (χ2v) is 7.19. The van der Waals surface area contributed by atoms with E-state index in [1.54, 1.807) is 6.20 Å². The Morgan fingerprint density at radius 2 is 2.33 bits per heavy atom. The Morgan fingerprint density at radius 1 is 1.37 bits per heavy atom. The van der Waals surface area contributed by atoms with Crippen molar-refractivity contribution in [1.29, 1.82) is 0 Å². The Kier molecular flexibility index (Phi) is 5.33. The van der Waals surface area contributed by atoms with E-state index in [9.17, 15) is 0 Å². The molecule has 1 N–H and O–H groups in total. The molecule has 0 bridgehead atoms. The molecule has 1 unspecified atom stereocenters. The first-order chi connectivity index (χ1) is 13.3. The molecule has 4 rings (SSSR count). The first-order valence-electron chi connectivity index (χ1n) is 9.63. The zero-order chi connectivity index (χ0) is 18.5. The fourth-order valence-corrected chi connectivity index (χ4v) is 3.72. The zero-order valence-electron chi connectivity index (χ0n) is 15.7. The van der Waals surface area contributed by atoms with Gasteiger partial charge in [-0.1, -0.05) is 11.2 Å². The molecule has 0 aromatic carbocycles. The van der Waals surface area contributed by atoms with Gasteiger partial charge in [-0.3, -0.25) is 9.98 Å². The normalized spacial score (nSPS) is 22.7. The lowest BCUT2D eigenvalue weighted by Gasteiger charge is -2.24. The molecule has 1 atom stereocenters. The van der Waals surface area contributed by atoms with Crippen LogP contribution in [0.25, 0.3) is 11.6 Å². The molecule has 2 aliphatic rings. The molecule has 1 spiro atoms. The highest BCUT2D eigenvalue weighted by Crippen LogP contribution is 2.38. The van der Waals surface area contributed by atoms with Crippen molar-refractivity contribution in [3.8, 4) is 11.6 Å². The van der Waals surface area contributed by atoms with Crippen molar-refractivity contribution in [2.45, 2.75) is 26.2 Å². The van der Waals surface area contributed by atoms with Crippen molar-refractivity contribution in [2.24, 2.45) is 10.4 Å². The number of pyridine rings is 1. The second kappa shape index (κ2) is 8.04. The van der Waals surface area contributed by atoms with E-state index in [-0.39, 0.29) is 0 Å². The summed E-state index contributed by atoms with van der Waals surface area (Å²) in [6.45, 7) is 7.37. The van der Waals surface area contributed by atoms with Crippen molar-refractivity contribution in [1.82, 2.24) is 25.3 Å². The highest BCUT2D eigenvalue weighted by molar-refractivity contribution is 5.80. The van der Waals surface area contributed by atoms with Crippen LogP contribution in [0.1, 0.15) is 25.6 Å². The lowest BCUT2D eigenvalue weighted by atomic mass is 9.87. The summed E-state index contributed by atoms with van der Waals surface area (Å²) in [4.78, 5) is 15.8. The van der Waals surface area contributed by atoms with E-state index in [4.69, 9.17) is 14.3 Å². The molecule has 0 amide bonds. The van der Waals surface area contributed by atoms with E-state index in [1.165, 1.54) is 6.42 Å². The van der Waals surface area contributed by atoms with Crippen LogP contribution in [0.3, 0.4) is 0 Å². The zero-order valence-corrected chi connectivity index (χ0v) is 15.7. The van der Waals surface area contributed by atoms with E-state index in [0.29, 0.717) is 35.8 Å². The summed E-state index contributed by atoms with van der Waals surface area (Å²) in [5.74, 6) is 2.07. The number of likely N-dealkylation sites (tertiary alicyclic amines) is 1. The van der Waals surface area contributed by atoms with E-state index in [1.807, 2.05) is 18.2 Å². The van der Waals surface area contributed by atoms with Crippen LogP contribution in [0.5, 0.6) is 0 Å². The maximum absolute atomic E-state index is 5.63. The maximum Gasteiger partial charge on any atom is 0.276 e. The van der Waals surface area contributed by atoms with E-state index in [0.717, 1.165) is 45.2 Å². The van der Waals surface area contributed by atoms with Gasteiger partial charge in [0.1, 0.15) is 5.69 Å². The first-order valence-corrected chi connectivity index (χ1v) is 9.63. The van der Waals surface area contributed by atoms with Crippen molar-refractivity contribution in [3.63, 3.8) is 0 Å². The van der Waals surface area contributed by atoms with Crippen LogP contribution in [-0.2, 0) is 11.2 Å². The number of hydrogen-bond acceptors (Lipinski definition) is 6. The van der Waals surface area contributed by atoms with Crippen LogP contribution in [0.2, 0.25) is 0 Å². The third-order valence-corrected chi connectivity index (χ3v) is 5.21. The molecule has 2 aromatic rings. The fraction of sp³-hybridized carbons (Fsp3) is 0.579. The van der Waals surface area contributed by atoms with Crippen LogP contribution in [0, 0.1) is 5.41 Å². The highest BCUT2D eigenvalue weighted by Gasteiger charge is 2.42. The molecule has 0 aliphatic carbocycles. The molecule has 2 fully saturated rings. The Bertz CT molecular complexity index is 770. The quantitative estimate of drug-likeness (QED) is 0.633. The molecule has 27 heavy (non-hydrogen) atoms. The molecule has 2 saturated heterocycles. The van der Waals surface area contributed by atoms with E-state index < -0.39 is 0 Å². The lowest BCUT2D eigenvalue weighted by molar-refractivity contribution is 0.156. The van der Waals surface area contributed by atoms with Crippen molar-refractivity contribution >= 4 is 5.96 Å². The van der Waals surface area contributed by atoms with Gasteiger partial charge in [-0.2, -0.15) is 4.98 Å². The summed E-state index contributed by atoms with van der Waals surface area (Å²) < 4.78 is 10.9. The molecular weight excluding hydrogens is 344 g/mol. The fourth-order valence-electron chi connectivity index (χ4n) is 3.72. The summed E-state index contributed by atoms with van der Waals surface area (Å²) >= 11 is 0. The number of ether oxygens (including phenoxy) is 1. The summed E-state index contributed by atoms with van der Waals surface area (Å²) in [7, 11) is 0. The van der Waals surface area contributed by atoms with Gasteiger partial charge in [-0.25, -0.2) is 0 Å². The van der Waals surface area contributed by atoms with Crippen LogP contribution < -0.4 is 5.32 Å².